The number of halogens is 3. The Bertz CT molecular complexity index is 262. The van der Waals surface area contributed by atoms with Crippen LogP contribution in [0.25, 0.3) is 6.08 Å². The first-order valence-corrected chi connectivity index (χ1v) is 5.20. The lowest BCUT2D eigenvalue weighted by Gasteiger charge is -1.91. The van der Waals surface area contributed by atoms with Crippen LogP contribution in [0.1, 0.15) is 5.56 Å². The quantitative estimate of drug-likeness (QED) is 0.705. The molecule has 11 heavy (non-hydrogen) atoms. The van der Waals surface area contributed by atoms with Crippen LogP contribution in [0, 0.1) is 0 Å². The van der Waals surface area contributed by atoms with Crippen molar-refractivity contribution in [3.63, 3.8) is 0 Å². The Kier molecular flexibility index (Phi) is 3.75. The molecule has 1 aromatic heterocycles. The molecule has 0 fully saturated rings. The first-order chi connectivity index (χ1) is 5.18. The van der Waals surface area contributed by atoms with Crippen LogP contribution >= 0.6 is 47.8 Å². The van der Waals surface area contributed by atoms with Gasteiger partial charge in [0.25, 0.3) is 0 Å². The number of hydrogen-bond acceptors (Lipinski definition) is 1. The summed E-state index contributed by atoms with van der Waals surface area (Å²) in [5.41, 5.74) is 1.05. The van der Waals surface area contributed by atoms with Crippen LogP contribution < -0.4 is 0 Å². The molecule has 0 saturated heterocycles. The molecule has 0 saturated carbocycles. The monoisotopic (exact) mass is 339 g/mol. The van der Waals surface area contributed by atoms with Crippen molar-refractivity contribution in [2.75, 3.05) is 0 Å². The molecule has 1 aromatic rings. The van der Waals surface area contributed by atoms with E-state index in [2.05, 4.69) is 52.8 Å². The Labute approximate surface area is 90.3 Å². The van der Waals surface area contributed by atoms with Gasteiger partial charge >= 0.3 is 0 Å². The van der Waals surface area contributed by atoms with Crippen molar-refractivity contribution in [1.82, 2.24) is 4.98 Å². The second-order valence-electron chi connectivity index (χ2n) is 1.85. The van der Waals surface area contributed by atoms with Crippen LogP contribution in [0.3, 0.4) is 0 Å². The van der Waals surface area contributed by atoms with Gasteiger partial charge in [-0.3, -0.25) is 0 Å². The lowest BCUT2D eigenvalue weighted by atomic mass is 10.3. The standard InChI is InChI=1S/C7H4Br3N/c8-6(9)3-5-1-2-7(10)11-4-5/h1-4H. The minimum absolute atomic E-state index is 0.848. The van der Waals surface area contributed by atoms with E-state index in [0.29, 0.717) is 0 Å². The van der Waals surface area contributed by atoms with Crippen molar-refractivity contribution < 1.29 is 0 Å². The van der Waals surface area contributed by atoms with Crippen molar-refractivity contribution in [1.29, 1.82) is 0 Å². The van der Waals surface area contributed by atoms with Crippen molar-refractivity contribution in [2.45, 2.75) is 0 Å². The third-order valence-corrected chi connectivity index (χ3v) is 1.95. The van der Waals surface area contributed by atoms with E-state index >= 15 is 0 Å². The second-order valence-corrected chi connectivity index (χ2v) is 5.43. The van der Waals surface area contributed by atoms with Crippen LogP contribution in [-0.4, -0.2) is 4.98 Å². The first kappa shape index (κ1) is 9.42. The lowest BCUT2D eigenvalue weighted by molar-refractivity contribution is 1.27. The third-order valence-electron chi connectivity index (χ3n) is 1.03. The molecular weight excluding hydrogens is 338 g/mol. The number of hydrogen-bond donors (Lipinski definition) is 0. The highest BCUT2D eigenvalue weighted by atomic mass is 79.9. The van der Waals surface area contributed by atoms with Crippen molar-refractivity contribution >= 4 is 53.9 Å². The molecule has 58 valence electrons. The highest BCUT2D eigenvalue weighted by molar-refractivity contribution is 9.28. The van der Waals surface area contributed by atoms with Gasteiger partial charge in [-0.1, -0.05) is 6.07 Å². The van der Waals surface area contributed by atoms with E-state index in [1.807, 2.05) is 18.2 Å². The normalized spacial score (nSPS) is 9.36. The van der Waals surface area contributed by atoms with Gasteiger partial charge in [-0.05, 0) is 65.5 Å². The van der Waals surface area contributed by atoms with E-state index in [1.165, 1.54) is 0 Å². The molecule has 0 aromatic carbocycles. The third kappa shape index (κ3) is 3.49. The number of nitrogens with zero attached hydrogens (tertiary/aromatic N) is 1. The Balaban J connectivity index is 2.91. The zero-order valence-electron chi connectivity index (χ0n) is 5.39. The van der Waals surface area contributed by atoms with Crippen LogP contribution in [0.4, 0.5) is 0 Å². The minimum atomic E-state index is 0.848. The molecule has 0 bridgehead atoms. The Hall–Kier alpha value is 0.330. The van der Waals surface area contributed by atoms with Crippen molar-refractivity contribution in [2.24, 2.45) is 0 Å². The smallest absolute Gasteiger partial charge is 0.106 e. The highest BCUT2D eigenvalue weighted by Crippen LogP contribution is 2.18. The number of rotatable bonds is 1. The fraction of sp³-hybridized carbons (Fsp3) is 0. The lowest BCUT2D eigenvalue weighted by Crippen LogP contribution is -1.75. The van der Waals surface area contributed by atoms with Gasteiger partial charge in [0.05, 0.1) is 3.39 Å². The molecule has 1 rings (SSSR count). The Morgan fingerprint density at radius 1 is 1.36 bits per heavy atom. The number of aromatic nitrogens is 1. The van der Waals surface area contributed by atoms with Gasteiger partial charge < -0.3 is 0 Å². The second kappa shape index (κ2) is 4.38. The van der Waals surface area contributed by atoms with E-state index in [9.17, 15) is 0 Å². The first-order valence-electron chi connectivity index (χ1n) is 2.83. The molecule has 1 heterocycles. The average molecular weight is 342 g/mol. The summed E-state index contributed by atoms with van der Waals surface area (Å²) in [5.74, 6) is 0. The van der Waals surface area contributed by atoms with Crippen LogP contribution in [0.5, 0.6) is 0 Å². The molecule has 4 heteroatoms. The summed E-state index contributed by atoms with van der Waals surface area (Å²) in [5, 5.41) is 0. The van der Waals surface area contributed by atoms with E-state index in [4.69, 9.17) is 0 Å². The summed E-state index contributed by atoms with van der Waals surface area (Å²) >= 11 is 9.79. The van der Waals surface area contributed by atoms with Gasteiger partial charge in [0.1, 0.15) is 4.60 Å². The van der Waals surface area contributed by atoms with Gasteiger partial charge in [0, 0.05) is 6.20 Å². The van der Waals surface area contributed by atoms with Crippen molar-refractivity contribution in [3.05, 3.63) is 31.9 Å². The zero-order valence-corrected chi connectivity index (χ0v) is 10.1. The number of pyridine rings is 1. The maximum Gasteiger partial charge on any atom is 0.106 e. The maximum absolute atomic E-state index is 4.06. The zero-order chi connectivity index (χ0) is 8.27. The molecule has 0 N–H and O–H groups in total. The maximum atomic E-state index is 4.06. The molecule has 0 aliphatic rings. The molecule has 0 unspecified atom stereocenters. The topological polar surface area (TPSA) is 12.9 Å². The molecule has 0 amide bonds. The Morgan fingerprint density at radius 3 is 2.55 bits per heavy atom. The largest absolute Gasteiger partial charge is 0.249 e. The minimum Gasteiger partial charge on any atom is -0.249 e. The average Bonchev–Trinajstić information content (AvgIpc) is 1.93. The summed E-state index contributed by atoms with van der Waals surface area (Å²) in [4.78, 5) is 4.06. The summed E-state index contributed by atoms with van der Waals surface area (Å²) in [7, 11) is 0. The van der Waals surface area contributed by atoms with Gasteiger partial charge in [-0.25, -0.2) is 4.98 Å². The molecule has 1 nitrogen and oxygen atoms in total. The summed E-state index contributed by atoms with van der Waals surface area (Å²) in [6.07, 6.45) is 3.71. The van der Waals surface area contributed by atoms with Crippen LogP contribution in [0.2, 0.25) is 0 Å². The SMILES string of the molecule is BrC(Br)=Cc1ccc(Br)nc1. The van der Waals surface area contributed by atoms with Gasteiger partial charge in [-0.2, -0.15) is 0 Å². The van der Waals surface area contributed by atoms with Gasteiger partial charge in [0.15, 0.2) is 0 Å². The molecule has 0 spiro atoms. The molecule has 0 atom stereocenters. The predicted molar refractivity (Wildman–Crippen MR) is 57.8 cm³/mol. The molecular formula is C7H4Br3N. The van der Waals surface area contributed by atoms with E-state index in [1.54, 1.807) is 6.20 Å². The van der Waals surface area contributed by atoms with E-state index in [-0.39, 0.29) is 0 Å². The van der Waals surface area contributed by atoms with Crippen LogP contribution in [-0.2, 0) is 0 Å². The summed E-state index contributed by atoms with van der Waals surface area (Å²) in [6.45, 7) is 0. The summed E-state index contributed by atoms with van der Waals surface area (Å²) in [6, 6.07) is 3.87. The molecule has 0 aliphatic heterocycles. The molecule has 0 radical (unpaired) electrons. The fourth-order valence-electron chi connectivity index (χ4n) is 0.599. The van der Waals surface area contributed by atoms with E-state index in [0.717, 1.165) is 13.6 Å². The molecule has 0 aliphatic carbocycles. The highest BCUT2D eigenvalue weighted by Gasteiger charge is 1.89. The fourth-order valence-corrected chi connectivity index (χ4v) is 1.36. The summed E-state index contributed by atoms with van der Waals surface area (Å²) < 4.78 is 1.76. The van der Waals surface area contributed by atoms with Gasteiger partial charge in [-0.15, -0.1) is 0 Å². The predicted octanol–water partition coefficient (Wildman–Crippen LogP) is 3.93. The Morgan fingerprint density at radius 2 is 2.09 bits per heavy atom. The van der Waals surface area contributed by atoms with Gasteiger partial charge in [0.2, 0.25) is 0 Å². The van der Waals surface area contributed by atoms with Crippen LogP contribution in [0.15, 0.2) is 26.3 Å². The van der Waals surface area contributed by atoms with Crippen molar-refractivity contribution in [3.8, 4) is 0 Å². The van der Waals surface area contributed by atoms with E-state index < -0.39 is 0 Å².